The van der Waals surface area contributed by atoms with Crippen LogP contribution in [0.2, 0.25) is 0 Å². The zero-order chi connectivity index (χ0) is 14.2. The molecule has 1 saturated carbocycles. The summed E-state index contributed by atoms with van der Waals surface area (Å²) in [5, 5.41) is 12.2. The fraction of sp³-hybridized carbons (Fsp3) is 0.571. The summed E-state index contributed by atoms with van der Waals surface area (Å²) in [5.74, 6) is 1.09. The van der Waals surface area contributed by atoms with Gasteiger partial charge in [-0.25, -0.2) is 0 Å². The van der Waals surface area contributed by atoms with Gasteiger partial charge in [0.25, 0.3) is 5.89 Å². The van der Waals surface area contributed by atoms with E-state index in [1.807, 2.05) is 19.9 Å². The van der Waals surface area contributed by atoms with Gasteiger partial charge in [-0.3, -0.25) is 0 Å². The highest BCUT2D eigenvalue weighted by Crippen LogP contribution is 2.34. The molecule has 2 aromatic heterocycles. The van der Waals surface area contributed by atoms with Gasteiger partial charge in [-0.15, -0.1) is 0 Å². The first-order chi connectivity index (χ1) is 9.58. The van der Waals surface area contributed by atoms with Crippen LogP contribution >= 0.6 is 0 Å². The molecule has 1 fully saturated rings. The van der Waals surface area contributed by atoms with Crippen LogP contribution < -0.4 is 5.73 Å². The lowest BCUT2D eigenvalue weighted by molar-refractivity contribution is 0.275. The zero-order valence-electron chi connectivity index (χ0n) is 11.9. The third-order valence-corrected chi connectivity index (χ3v) is 3.95. The molecule has 3 rings (SSSR count). The minimum atomic E-state index is -0.441. The van der Waals surface area contributed by atoms with Crippen molar-refractivity contribution in [3.63, 3.8) is 0 Å². The van der Waals surface area contributed by atoms with E-state index < -0.39 is 5.54 Å². The Morgan fingerprint density at radius 1 is 1.15 bits per heavy atom. The van der Waals surface area contributed by atoms with Crippen LogP contribution in [0.4, 0.5) is 0 Å². The topological polar surface area (TPSA) is 90.7 Å². The Hall–Kier alpha value is -1.82. The quantitative estimate of drug-likeness (QED) is 0.902. The zero-order valence-corrected chi connectivity index (χ0v) is 11.9. The minimum Gasteiger partial charge on any atom is -0.334 e. The Labute approximate surface area is 117 Å². The number of hydrogen-bond donors (Lipinski definition) is 1. The van der Waals surface area contributed by atoms with E-state index in [9.17, 15) is 0 Å². The molecule has 0 aliphatic heterocycles. The van der Waals surface area contributed by atoms with E-state index >= 15 is 0 Å². The number of aromatic nitrogens is 4. The smallest absolute Gasteiger partial charge is 0.259 e. The summed E-state index contributed by atoms with van der Waals surface area (Å²) in [7, 11) is 0. The highest BCUT2D eigenvalue weighted by atomic mass is 16.5. The van der Waals surface area contributed by atoms with Crippen LogP contribution in [0.3, 0.4) is 0 Å². The molecule has 0 amide bonds. The Bertz CT molecular complexity index is 616. The van der Waals surface area contributed by atoms with E-state index in [2.05, 4.69) is 20.3 Å². The van der Waals surface area contributed by atoms with Gasteiger partial charge in [-0.2, -0.15) is 15.2 Å². The largest absolute Gasteiger partial charge is 0.334 e. The van der Waals surface area contributed by atoms with Crippen molar-refractivity contribution in [1.29, 1.82) is 0 Å². The molecule has 0 radical (unpaired) electrons. The molecule has 0 aromatic carbocycles. The van der Waals surface area contributed by atoms with Gasteiger partial charge >= 0.3 is 0 Å². The van der Waals surface area contributed by atoms with Crippen molar-refractivity contribution in [3.8, 4) is 11.5 Å². The molecule has 6 heteroatoms. The predicted octanol–water partition coefficient (Wildman–Crippen LogP) is 2.26. The molecule has 6 nitrogen and oxygen atoms in total. The van der Waals surface area contributed by atoms with E-state index in [-0.39, 0.29) is 0 Å². The third kappa shape index (κ3) is 2.31. The minimum absolute atomic E-state index is 0.441. The van der Waals surface area contributed by atoms with E-state index in [0.29, 0.717) is 11.7 Å². The average molecular weight is 273 g/mol. The second-order valence-electron chi connectivity index (χ2n) is 5.62. The highest BCUT2D eigenvalue weighted by molar-refractivity contribution is 5.55. The molecule has 2 aromatic rings. The van der Waals surface area contributed by atoms with Crippen LogP contribution in [-0.2, 0) is 5.54 Å². The number of rotatable bonds is 2. The fourth-order valence-corrected chi connectivity index (χ4v) is 2.71. The van der Waals surface area contributed by atoms with Crippen LogP contribution in [-0.4, -0.2) is 20.3 Å². The maximum Gasteiger partial charge on any atom is 0.259 e. The molecule has 0 bridgehead atoms. The van der Waals surface area contributed by atoms with E-state index in [1.54, 1.807) is 0 Å². The molecule has 106 valence electrons. The molecule has 0 unspecified atom stereocenters. The first-order valence-corrected chi connectivity index (χ1v) is 7.03. The summed E-state index contributed by atoms with van der Waals surface area (Å²) >= 11 is 0. The maximum absolute atomic E-state index is 6.43. The lowest BCUT2D eigenvalue weighted by Crippen LogP contribution is -2.39. The van der Waals surface area contributed by atoms with Crippen molar-refractivity contribution in [2.24, 2.45) is 5.73 Å². The summed E-state index contributed by atoms with van der Waals surface area (Å²) in [4.78, 5) is 4.51. The first kappa shape index (κ1) is 13.2. The number of nitrogens with zero attached hydrogens (tertiary/aromatic N) is 4. The number of nitrogens with two attached hydrogens (primary N) is 1. The van der Waals surface area contributed by atoms with Crippen LogP contribution in [0, 0.1) is 13.8 Å². The van der Waals surface area contributed by atoms with Crippen molar-refractivity contribution in [3.05, 3.63) is 23.3 Å². The maximum atomic E-state index is 6.43. The molecule has 1 aliphatic rings. The highest BCUT2D eigenvalue weighted by Gasteiger charge is 2.34. The van der Waals surface area contributed by atoms with Crippen molar-refractivity contribution in [2.75, 3.05) is 0 Å². The van der Waals surface area contributed by atoms with E-state index in [1.165, 1.54) is 6.42 Å². The number of aryl methyl sites for hydroxylation is 2. The first-order valence-electron chi connectivity index (χ1n) is 7.03. The molecular formula is C14H19N5O. The van der Waals surface area contributed by atoms with E-state index in [4.69, 9.17) is 10.3 Å². The van der Waals surface area contributed by atoms with E-state index in [0.717, 1.165) is 42.6 Å². The summed E-state index contributed by atoms with van der Waals surface area (Å²) < 4.78 is 5.40. The Kier molecular flexibility index (Phi) is 3.25. The molecule has 1 aliphatic carbocycles. The molecular weight excluding hydrogens is 254 g/mol. The fourth-order valence-electron chi connectivity index (χ4n) is 2.71. The van der Waals surface area contributed by atoms with Gasteiger partial charge in [0.2, 0.25) is 0 Å². The van der Waals surface area contributed by atoms with Gasteiger partial charge in [0.15, 0.2) is 5.82 Å². The second kappa shape index (κ2) is 4.94. The number of hydrogen-bond acceptors (Lipinski definition) is 6. The van der Waals surface area contributed by atoms with Gasteiger partial charge in [-0.1, -0.05) is 24.4 Å². The van der Waals surface area contributed by atoms with Crippen LogP contribution in [0.25, 0.3) is 11.5 Å². The van der Waals surface area contributed by atoms with Crippen molar-refractivity contribution >= 4 is 0 Å². The molecule has 0 saturated heterocycles. The average Bonchev–Trinajstić information content (AvgIpc) is 2.93. The van der Waals surface area contributed by atoms with Gasteiger partial charge < -0.3 is 10.3 Å². The van der Waals surface area contributed by atoms with Crippen LogP contribution in [0.1, 0.15) is 49.3 Å². The lowest BCUT2D eigenvalue weighted by Gasteiger charge is -2.29. The molecule has 2 N–H and O–H groups in total. The Morgan fingerprint density at radius 3 is 2.65 bits per heavy atom. The summed E-state index contributed by atoms with van der Waals surface area (Å²) in [6.45, 7) is 3.77. The van der Waals surface area contributed by atoms with Gasteiger partial charge in [0.1, 0.15) is 0 Å². The van der Waals surface area contributed by atoms with Crippen molar-refractivity contribution in [2.45, 2.75) is 51.5 Å². The monoisotopic (exact) mass is 273 g/mol. The van der Waals surface area contributed by atoms with Crippen molar-refractivity contribution in [1.82, 2.24) is 20.3 Å². The molecule has 0 spiro atoms. The lowest BCUT2D eigenvalue weighted by atomic mass is 9.82. The Morgan fingerprint density at radius 2 is 1.90 bits per heavy atom. The van der Waals surface area contributed by atoms with Crippen LogP contribution in [0.15, 0.2) is 10.6 Å². The standard InChI is InChI=1S/C14H19N5O/c1-9-8-11(10(2)18-17-9)12-16-13(19-20-12)14(15)6-4-3-5-7-14/h8H,3-7,15H2,1-2H3. The normalized spacial score (nSPS) is 18.1. The van der Waals surface area contributed by atoms with Gasteiger partial charge in [0, 0.05) is 0 Å². The predicted molar refractivity (Wildman–Crippen MR) is 73.7 cm³/mol. The van der Waals surface area contributed by atoms with Crippen molar-refractivity contribution < 1.29 is 4.52 Å². The third-order valence-electron chi connectivity index (χ3n) is 3.95. The molecule has 2 heterocycles. The molecule has 20 heavy (non-hydrogen) atoms. The summed E-state index contributed by atoms with van der Waals surface area (Å²) in [6, 6.07) is 1.91. The second-order valence-corrected chi connectivity index (χ2v) is 5.62. The van der Waals surface area contributed by atoms with Crippen LogP contribution in [0.5, 0.6) is 0 Å². The molecule has 0 atom stereocenters. The SMILES string of the molecule is Cc1cc(-c2nc(C3(N)CCCCC3)no2)c(C)nn1. The summed E-state index contributed by atoms with van der Waals surface area (Å²) in [5.41, 5.74) is 8.42. The van der Waals surface area contributed by atoms with Gasteiger partial charge in [-0.05, 0) is 32.8 Å². The van der Waals surface area contributed by atoms with Gasteiger partial charge in [0.05, 0.1) is 22.5 Å². The summed E-state index contributed by atoms with van der Waals surface area (Å²) in [6.07, 6.45) is 5.30. The Balaban J connectivity index is 1.95.